The summed E-state index contributed by atoms with van der Waals surface area (Å²) in [7, 11) is 0. The number of rotatable bonds is 5. The number of fused-ring (bicyclic) bond motifs is 1. The molecular weight excluding hydrogens is 473 g/mol. The normalized spacial score (nSPS) is 27.6. The third kappa shape index (κ3) is 4.23. The van der Waals surface area contributed by atoms with Gasteiger partial charge in [-0.25, -0.2) is 4.99 Å². The number of nitrogens with zero attached hydrogens (tertiary/aromatic N) is 3. The third-order valence-electron chi connectivity index (χ3n) is 6.86. The minimum atomic E-state index is -0.462. The van der Waals surface area contributed by atoms with Crippen LogP contribution < -0.4 is 0 Å². The highest BCUT2D eigenvalue weighted by Crippen LogP contribution is 2.56. The fourth-order valence-corrected chi connectivity index (χ4v) is 6.98. The number of aliphatic hydroxyl groups excluding tert-OH is 1. The number of allylic oxidation sites excluding steroid dienone is 1. The molecule has 3 atom stereocenters. The molecule has 0 spiro atoms. The van der Waals surface area contributed by atoms with Gasteiger partial charge in [-0.15, -0.1) is 0 Å². The van der Waals surface area contributed by atoms with Crippen LogP contribution in [0.15, 0.2) is 64.1 Å². The average molecular weight is 503 g/mol. The second kappa shape index (κ2) is 8.94. The maximum atomic E-state index is 10.0. The number of β-amino-alcohol motifs (C(OH)–C–C–N with tert-alkyl or cyclic N) is 1. The molecule has 4 nitrogen and oxygen atoms in total. The van der Waals surface area contributed by atoms with E-state index in [4.69, 9.17) is 28.2 Å². The van der Waals surface area contributed by atoms with Crippen LogP contribution in [0, 0.1) is 5.92 Å². The van der Waals surface area contributed by atoms with Crippen LogP contribution in [-0.4, -0.2) is 45.8 Å². The first-order valence-electron chi connectivity index (χ1n) is 11.5. The zero-order chi connectivity index (χ0) is 23.3. The van der Waals surface area contributed by atoms with Crippen LogP contribution in [-0.2, 0) is 5.54 Å². The number of hydrogen-bond acceptors (Lipinski definition) is 5. The van der Waals surface area contributed by atoms with Crippen molar-refractivity contribution in [2.24, 2.45) is 10.9 Å². The zero-order valence-corrected chi connectivity index (χ0v) is 21.5. The molecule has 1 fully saturated rings. The van der Waals surface area contributed by atoms with Crippen LogP contribution >= 0.6 is 35.0 Å². The molecule has 0 bridgehead atoms. The van der Waals surface area contributed by atoms with Crippen molar-refractivity contribution in [3.8, 4) is 0 Å². The molecule has 0 amide bonds. The van der Waals surface area contributed by atoms with Crippen molar-refractivity contribution in [3.05, 3.63) is 80.3 Å². The van der Waals surface area contributed by atoms with E-state index in [9.17, 15) is 5.11 Å². The molecule has 2 aromatic rings. The van der Waals surface area contributed by atoms with Gasteiger partial charge in [0.15, 0.2) is 5.17 Å². The van der Waals surface area contributed by atoms with Crippen molar-refractivity contribution >= 4 is 40.1 Å². The highest BCUT2D eigenvalue weighted by Gasteiger charge is 2.52. The Hall–Kier alpha value is -1.50. The number of likely N-dealkylation sites (tertiary alicyclic amines) is 1. The number of benzene rings is 2. The first kappa shape index (κ1) is 23.3. The van der Waals surface area contributed by atoms with Gasteiger partial charge in [-0.1, -0.05) is 73.1 Å². The van der Waals surface area contributed by atoms with Gasteiger partial charge in [-0.3, -0.25) is 4.90 Å². The maximum absolute atomic E-state index is 10.0. The number of hydrogen-bond donors (Lipinski definition) is 1. The van der Waals surface area contributed by atoms with Crippen LogP contribution in [0.3, 0.4) is 0 Å². The molecule has 1 saturated heterocycles. The highest BCUT2D eigenvalue weighted by atomic mass is 35.5. The molecule has 1 N–H and O–H groups in total. The molecule has 0 unspecified atom stereocenters. The van der Waals surface area contributed by atoms with Crippen LogP contribution in [0.1, 0.15) is 44.4 Å². The van der Waals surface area contributed by atoms with Crippen LogP contribution in [0.2, 0.25) is 10.0 Å². The molecule has 7 heteroatoms. The van der Waals surface area contributed by atoms with Gasteiger partial charge in [0.2, 0.25) is 0 Å². The molecule has 0 radical (unpaired) electrons. The highest BCUT2D eigenvalue weighted by molar-refractivity contribution is 8.17. The van der Waals surface area contributed by atoms with E-state index in [0.29, 0.717) is 5.92 Å². The molecule has 5 rings (SSSR count). The zero-order valence-electron chi connectivity index (χ0n) is 19.1. The minimum Gasteiger partial charge on any atom is -0.392 e. The molecule has 0 aromatic heterocycles. The van der Waals surface area contributed by atoms with Gasteiger partial charge in [-0.2, -0.15) is 0 Å². The Kier molecular flexibility index (Phi) is 6.30. The van der Waals surface area contributed by atoms with Gasteiger partial charge in [0.1, 0.15) is 5.54 Å². The van der Waals surface area contributed by atoms with E-state index in [0.717, 1.165) is 46.8 Å². The van der Waals surface area contributed by atoms with Crippen molar-refractivity contribution in [2.75, 3.05) is 19.6 Å². The van der Waals surface area contributed by atoms with E-state index < -0.39 is 5.54 Å². The van der Waals surface area contributed by atoms with Crippen molar-refractivity contribution in [1.29, 1.82) is 0 Å². The van der Waals surface area contributed by atoms with Gasteiger partial charge < -0.3 is 10.0 Å². The lowest BCUT2D eigenvalue weighted by molar-refractivity contribution is 0.179. The summed E-state index contributed by atoms with van der Waals surface area (Å²) in [5, 5.41) is 12.5. The largest absolute Gasteiger partial charge is 0.392 e. The topological polar surface area (TPSA) is 39.1 Å². The van der Waals surface area contributed by atoms with E-state index in [2.05, 4.69) is 54.8 Å². The van der Waals surface area contributed by atoms with E-state index in [1.807, 2.05) is 24.3 Å². The first-order valence-corrected chi connectivity index (χ1v) is 13.1. The lowest BCUT2D eigenvalue weighted by Gasteiger charge is -2.37. The molecule has 2 aromatic carbocycles. The second-order valence-corrected chi connectivity index (χ2v) is 11.6. The maximum Gasteiger partial charge on any atom is 0.169 e. The lowest BCUT2D eigenvalue weighted by Crippen LogP contribution is -2.36. The Morgan fingerprint density at radius 3 is 2.30 bits per heavy atom. The summed E-state index contributed by atoms with van der Waals surface area (Å²) >= 11 is 14.2. The average Bonchev–Trinajstić information content (AvgIpc) is 3.41. The van der Waals surface area contributed by atoms with Gasteiger partial charge in [0.05, 0.1) is 12.1 Å². The van der Waals surface area contributed by atoms with Gasteiger partial charge >= 0.3 is 0 Å². The first-order chi connectivity index (χ1) is 15.8. The number of aliphatic hydroxyl groups is 1. The summed E-state index contributed by atoms with van der Waals surface area (Å²) in [5.74, 6) is 0.343. The summed E-state index contributed by atoms with van der Waals surface area (Å²) in [4.78, 5) is 11.5. The summed E-state index contributed by atoms with van der Waals surface area (Å²) < 4.78 is 0. The smallest absolute Gasteiger partial charge is 0.169 e. The van der Waals surface area contributed by atoms with E-state index >= 15 is 0 Å². The molecule has 174 valence electrons. The van der Waals surface area contributed by atoms with Crippen molar-refractivity contribution in [2.45, 2.75) is 44.9 Å². The molecular formula is C26H29Cl2N3OS. The molecule has 0 saturated carbocycles. The lowest BCUT2D eigenvalue weighted by atomic mass is 9.81. The molecule has 3 aliphatic heterocycles. The molecule has 3 aliphatic rings. The van der Waals surface area contributed by atoms with Gasteiger partial charge in [0.25, 0.3) is 0 Å². The fraction of sp³-hybridized carbons (Fsp3) is 0.423. The summed E-state index contributed by atoms with van der Waals surface area (Å²) in [5.41, 5.74) is 3.20. The summed E-state index contributed by atoms with van der Waals surface area (Å²) in [6, 6.07) is 16.3. The number of thioether (sulfide) groups is 1. The minimum absolute atomic E-state index is 0.0116. The quantitative estimate of drug-likeness (QED) is 0.521. The van der Waals surface area contributed by atoms with Gasteiger partial charge in [-0.05, 0) is 54.7 Å². The Morgan fingerprint density at radius 1 is 1.09 bits per heavy atom. The van der Waals surface area contributed by atoms with Gasteiger partial charge in [0, 0.05) is 40.3 Å². The third-order valence-corrected chi connectivity index (χ3v) is 8.42. The SMILES string of the molecule is CC(C)C1=C(CN2CC[C@@H](O)C2)SC2=N[C@@](C)(c3ccc(Cl)cc3)[C@@H](c3ccc(Cl)cc3)N21. The van der Waals surface area contributed by atoms with E-state index in [-0.39, 0.29) is 12.1 Å². The van der Waals surface area contributed by atoms with Crippen molar-refractivity contribution in [3.63, 3.8) is 0 Å². The van der Waals surface area contributed by atoms with Crippen LogP contribution in [0.5, 0.6) is 0 Å². The summed E-state index contributed by atoms with van der Waals surface area (Å²) in [6.45, 7) is 9.27. The van der Waals surface area contributed by atoms with E-state index in [1.165, 1.54) is 16.2 Å². The Labute approximate surface area is 210 Å². The van der Waals surface area contributed by atoms with Crippen LogP contribution in [0.25, 0.3) is 0 Å². The molecule has 33 heavy (non-hydrogen) atoms. The Bertz CT molecular complexity index is 1100. The monoisotopic (exact) mass is 501 g/mol. The predicted molar refractivity (Wildman–Crippen MR) is 139 cm³/mol. The molecule has 3 heterocycles. The standard InChI is InChI=1S/C26H29Cl2N3OS/c1-16(2)23-22(15-30-13-12-21(32)14-30)33-25-29-26(3,18-6-10-20(28)11-7-18)24(31(23)25)17-4-8-19(27)9-5-17/h4-11,16,21,24,32H,12-15H2,1-3H3/t21-,24-,26+/m1/s1. The number of amidine groups is 1. The van der Waals surface area contributed by atoms with Crippen molar-refractivity contribution in [1.82, 2.24) is 9.80 Å². The molecule has 0 aliphatic carbocycles. The number of halogens is 2. The predicted octanol–water partition coefficient (Wildman–Crippen LogP) is 6.30. The van der Waals surface area contributed by atoms with Crippen molar-refractivity contribution < 1.29 is 5.11 Å². The van der Waals surface area contributed by atoms with E-state index in [1.54, 1.807) is 11.8 Å². The summed E-state index contributed by atoms with van der Waals surface area (Å²) in [6.07, 6.45) is 0.633. The number of aliphatic imine (C=N–C) groups is 1. The fourth-order valence-electron chi connectivity index (χ4n) is 5.29. The Balaban J connectivity index is 1.59. The second-order valence-electron chi connectivity index (χ2n) is 9.62. The Morgan fingerprint density at radius 2 is 1.73 bits per heavy atom. The van der Waals surface area contributed by atoms with Crippen LogP contribution in [0.4, 0.5) is 0 Å².